The molecule has 2 aliphatic rings. The van der Waals surface area contributed by atoms with Gasteiger partial charge in [-0.2, -0.15) is 0 Å². The highest BCUT2D eigenvalue weighted by molar-refractivity contribution is 5.51. The van der Waals surface area contributed by atoms with Crippen molar-refractivity contribution < 1.29 is 14.2 Å². The Hall–Kier alpha value is -2.85. The Kier molecular flexibility index (Phi) is 6.13. The number of nitrogens with zero attached hydrogens (tertiary/aromatic N) is 1. The van der Waals surface area contributed by atoms with Gasteiger partial charge in [-0.05, 0) is 53.6 Å². The fraction of sp³-hybridized carbons (Fsp3) is 0.357. The van der Waals surface area contributed by atoms with Crippen molar-refractivity contribution >= 4 is 0 Å². The Labute approximate surface area is 189 Å². The molecule has 2 atom stereocenters. The summed E-state index contributed by atoms with van der Waals surface area (Å²) in [5.74, 6) is 1.87. The van der Waals surface area contributed by atoms with Crippen molar-refractivity contribution in [3.8, 4) is 11.5 Å². The highest BCUT2D eigenvalue weighted by Crippen LogP contribution is 2.49. The lowest BCUT2D eigenvalue weighted by atomic mass is 9.69. The van der Waals surface area contributed by atoms with Crippen LogP contribution in [0.4, 0.5) is 4.39 Å². The molecule has 0 amide bonds. The molecule has 1 saturated heterocycles. The van der Waals surface area contributed by atoms with Gasteiger partial charge >= 0.3 is 0 Å². The van der Waals surface area contributed by atoms with Gasteiger partial charge in [0.25, 0.3) is 0 Å². The van der Waals surface area contributed by atoms with E-state index in [1.165, 1.54) is 16.7 Å². The Bertz CT molecular complexity index is 1030. The SMILES string of the molecule is Oc1cccc2c1[C@@H](c1ccc(OCCN3CC(CF)C3)cc1)[C@@H](c1ccccc1)CC2. The molecule has 0 unspecified atom stereocenters. The first kappa shape index (κ1) is 21.0. The first-order valence-corrected chi connectivity index (χ1v) is 11.6. The third kappa shape index (κ3) is 4.24. The first-order valence-electron chi connectivity index (χ1n) is 11.6. The Balaban J connectivity index is 1.35. The third-order valence-electron chi connectivity index (χ3n) is 7.01. The van der Waals surface area contributed by atoms with E-state index in [1.807, 2.05) is 18.2 Å². The average molecular weight is 432 g/mol. The molecule has 3 aromatic rings. The molecule has 1 N–H and O–H groups in total. The summed E-state index contributed by atoms with van der Waals surface area (Å²) in [7, 11) is 0. The van der Waals surface area contributed by atoms with Crippen molar-refractivity contribution in [1.29, 1.82) is 0 Å². The molecule has 0 saturated carbocycles. The van der Waals surface area contributed by atoms with Gasteiger partial charge in [-0.3, -0.25) is 9.29 Å². The summed E-state index contributed by atoms with van der Waals surface area (Å²) in [6, 6.07) is 24.9. The molecule has 0 spiro atoms. The quantitative estimate of drug-likeness (QED) is 0.534. The van der Waals surface area contributed by atoms with E-state index in [9.17, 15) is 9.50 Å². The van der Waals surface area contributed by atoms with Crippen LogP contribution in [-0.4, -0.2) is 42.9 Å². The number of halogens is 1. The summed E-state index contributed by atoms with van der Waals surface area (Å²) in [5, 5.41) is 10.8. The molecular weight excluding hydrogens is 401 g/mol. The Morgan fingerprint density at radius 2 is 1.69 bits per heavy atom. The monoisotopic (exact) mass is 431 g/mol. The van der Waals surface area contributed by atoms with Crippen LogP contribution in [0, 0.1) is 5.92 Å². The van der Waals surface area contributed by atoms with Crippen molar-refractivity contribution in [3.05, 3.63) is 95.1 Å². The molecule has 166 valence electrons. The van der Waals surface area contributed by atoms with Crippen LogP contribution in [0.2, 0.25) is 0 Å². The van der Waals surface area contributed by atoms with E-state index < -0.39 is 0 Å². The zero-order chi connectivity index (χ0) is 21.9. The summed E-state index contributed by atoms with van der Waals surface area (Å²) >= 11 is 0. The van der Waals surface area contributed by atoms with Crippen LogP contribution in [-0.2, 0) is 6.42 Å². The van der Waals surface area contributed by atoms with Crippen LogP contribution in [0.5, 0.6) is 11.5 Å². The van der Waals surface area contributed by atoms with E-state index in [2.05, 4.69) is 53.4 Å². The third-order valence-corrected chi connectivity index (χ3v) is 7.01. The fourth-order valence-electron chi connectivity index (χ4n) is 5.33. The predicted octanol–water partition coefficient (Wildman–Crippen LogP) is 5.53. The normalized spacial score (nSPS) is 21.0. The number of aromatic hydroxyl groups is 1. The number of fused-ring (bicyclic) bond motifs is 1. The van der Waals surface area contributed by atoms with Gasteiger partial charge < -0.3 is 9.84 Å². The molecule has 1 aliphatic heterocycles. The maximum Gasteiger partial charge on any atom is 0.119 e. The van der Waals surface area contributed by atoms with E-state index in [0.717, 1.165) is 43.8 Å². The smallest absolute Gasteiger partial charge is 0.119 e. The van der Waals surface area contributed by atoms with Gasteiger partial charge in [-0.15, -0.1) is 0 Å². The first-order chi connectivity index (χ1) is 15.7. The van der Waals surface area contributed by atoms with Crippen LogP contribution in [0.3, 0.4) is 0 Å². The number of rotatable bonds is 7. The number of alkyl halides is 1. The van der Waals surface area contributed by atoms with Crippen LogP contribution >= 0.6 is 0 Å². The summed E-state index contributed by atoms with van der Waals surface area (Å²) in [6.45, 7) is 2.90. The molecule has 0 radical (unpaired) electrons. The summed E-state index contributed by atoms with van der Waals surface area (Å²) in [5.41, 5.74) is 4.81. The van der Waals surface area contributed by atoms with Gasteiger partial charge in [-0.1, -0.05) is 54.6 Å². The minimum atomic E-state index is -0.220. The number of ether oxygens (including phenoxy) is 1. The minimum Gasteiger partial charge on any atom is -0.508 e. The van der Waals surface area contributed by atoms with E-state index in [4.69, 9.17) is 4.74 Å². The number of benzene rings is 3. The molecule has 1 heterocycles. The molecule has 1 fully saturated rings. The molecule has 3 nitrogen and oxygen atoms in total. The van der Waals surface area contributed by atoms with Crippen molar-refractivity contribution in [3.63, 3.8) is 0 Å². The van der Waals surface area contributed by atoms with Crippen molar-refractivity contribution in [1.82, 2.24) is 4.90 Å². The van der Waals surface area contributed by atoms with Crippen molar-refractivity contribution in [2.24, 2.45) is 5.92 Å². The van der Waals surface area contributed by atoms with Gasteiger partial charge in [0.2, 0.25) is 0 Å². The van der Waals surface area contributed by atoms with Crippen LogP contribution in [0.15, 0.2) is 72.8 Å². The maximum absolute atomic E-state index is 12.6. The Morgan fingerprint density at radius 1 is 0.906 bits per heavy atom. The standard InChI is InChI=1S/C28H30FNO2/c29-17-20-18-30(19-20)15-16-32-24-12-9-23(10-13-24)27-25(21-5-2-1-3-6-21)14-11-22-7-4-8-26(31)28(22)27/h1-10,12-13,20,25,27,31H,11,14-19H2/t25-,27+/m1/s1. The number of phenols is 1. The van der Waals surface area contributed by atoms with Gasteiger partial charge in [0.1, 0.15) is 18.1 Å². The van der Waals surface area contributed by atoms with Crippen molar-refractivity contribution in [2.75, 3.05) is 32.9 Å². The lowest BCUT2D eigenvalue weighted by Crippen LogP contribution is -2.49. The Morgan fingerprint density at radius 3 is 2.44 bits per heavy atom. The molecule has 1 aliphatic carbocycles. The highest BCUT2D eigenvalue weighted by atomic mass is 19.1. The summed E-state index contributed by atoms with van der Waals surface area (Å²) < 4.78 is 18.5. The zero-order valence-electron chi connectivity index (χ0n) is 18.3. The second-order valence-corrected chi connectivity index (χ2v) is 9.08. The number of aryl methyl sites for hydroxylation is 1. The number of likely N-dealkylation sites (tertiary alicyclic amines) is 1. The lowest BCUT2D eigenvalue weighted by molar-refractivity contribution is 0.0668. The van der Waals surface area contributed by atoms with Crippen LogP contribution < -0.4 is 4.74 Å². The van der Waals surface area contributed by atoms with Gasteiger partial charge in [-0.25, -0.2) is 0 Å². The molecule has 0 bridgehead atoms. The topological polar surface area (TPSA) is 32.7 Å². The average Bonchev–Trinajstić information content (AvgIpc) is 2.81. The minimum absolute atomic E-state index is 0.107. The second kappa shape index (κ2) is 9.33. The molecule has 5 rings (SSSR count). The molecule has 0 aromatic heterocycles. The van der Waals surface area contributed by atoms with E-state index in [-0.39, 0.29) is 18.5 Å². The number of hydrogen-bond donors (Lipinski definition) is 1. The number of hydrogen-bond acceptors (Lipinski definition) is 3. The molecule has 32 heavy (non-hydrogen) atoms. The van der Waals surface area contributed by atoms with Crippen LogP contribution in [0.1, 0.15) is 40.5 Å². The molecule has 3 aromatic carbocycles. The zero-order valence-corrected chi connectivity index (χ0v) is 18.3. The van der Waals surface area contributed by atoms with E-state index in [0.29, 0.717) is 18.3 Å². The predicted molar refractivity (Wildman–Crippen MR) is 125 cm³/mol. The van der Waals surface area contributed by atoms with Gasteiger partial charge in [0, 0.05) is 37.0 Å². The van der Waals surface area contributed by atoms with Gasteiger partial charge in [0.05, 0.1) is 6.67 Å². The summed E-state index contributed by atoms with van der Waals surface area (Å²) in [6.07, 6.45) is 2.03. The second-order valence-electron chi connectivity index (χ2n) is 9.08. The van der Waals surface area contributed by atoms with Gasteiger partial charge in [0.15, 0.2) is 0 Å². The summed E-state index contributed by atoms with van der Waals surface area (Å²) in [4.78, 5) is 2.23. The van der Waals surface area contributed by atoms with Crippen LogP contribution in [0.25, 0.3) is 0 Å². The number of phenolic OH excluding ortho intramolecular Hbond substituents is 1. The fourth-order valence-corrected chi connectivity index (χ4v) is 5.33. The maximum atomic E-state index is 12.6. The van der Waals surface area contributed by atoms with E-state index >= 15 is 0 Å². The largest absolute Gasteiger partial charge is 0.508 e. The van der Waals surface area contributed by atoms with Crippen molar-refractivity contribution in [2.45, 2.75) is 24.7 Å². The molecular formula is C28H30FNO2. The highest BCUT2D eigenvalue weighted by Gasteiger charge is 2.34. The lowest BCUT2D eigenvalue weighted by Gasteiger charge is -2.37. The molecule has 4 heteroatoms. The van der Waals surface area contributed by atoms with E-state index in [1.54, 1.807) is 6.07 Å².